The fourth-order valence-corrected chi connectivity index (χ4v) is 3.37. The van der Waals surface area contributed by atoms with Gasteiger partial charge in [-0.1, -0.05) is 37.6 Å². The molecule has 166 valence electrons. The van der Waals surface area contributed by atoms with Crippen LogP contribution in [0.1, 0.15) is 47.8 Å². The van der Waals surface area contributed by atoms with Crippen molar-refractivity contribution in [2.45, 2.75) is 46.4 Å². The van der Waals surface area contributed by atoms with E-state index in [1.54, 1.807) is 0 Å². The highest BCUT2D eigenvalue weighted by molar-refractivity contribution is 6.33. The molecule has 0 aliphatic carbocycles. The maximum Gasteiger partial charge on any atom is 0.417 e. The third kappa shape index (κ3) is 5.12. The molecule has 0 amide bonds. The third-order valence-corrected chi connectivity index (χ3v) is 5.02. The van der Waals surface area contributed by atoms with Crippen LogP contribution in [0.5, 0.6) is 5.75 Å². The van der Waals surface area contributed by atoms with Crippen LogP contribution in [-0.2, 0) is 22.3 Å². The Morgan fingerprint density at radius 2 is 1.94 bits per heavy atom. The summed E-state index contributed by atoms with van der Waals surface area (Å²) in [7, 11) is 0. The quantitative estimate of drug-likeness (QED) is 0.437. The molecule has 0 fully saturated rings. The molecule has 0 aliphatic rings. The van der Waals surface area contributed by atoms with Gasteiger partial charge in [0.05, 0.1) is 22.0 Å². The lowest BCUT2D eigenvalue weighted by molar-refractivity contribution is -0.147. The first-order valence-corrected chi connectivity index (χ1v) is 9.98. The molecule has 0 spiro atoms. The molecule has 5 nitrogen and oxygen atoms in total. The molecule has 0 radical (unpaired) electrons. The second-order valence-electron chi connectivity index (χ2n) is 7.58. The van der Waals surface area contributed by atoms with Crippen molar-refractivity contribution in [2.24, 2.45) is 0 Å². The highest BCUT2D eigenvalue weighted by Crippen LogP contribution is 2.34. The van der Waals surface area contributed by atoms with E-state index in [4.69, 9.17) is 21.1 Å². The van der Waals surface area contributed by atoms with E-state index in [-0.39, 0.29) is 29.8 Å². The number of rotatable bonds is 6. The first kappa shape index (κ1) is 22.9. The van der Waals surface area contributed by atoms with Gasteiger partial charge in [0, 0.05) is 6.20 Å². The van der Waals surface area contributed by atoms with Crippen LogP contribution in [0, 0.1) is 13.8 Å². The fraction of sp³-hybridized carbons (Fsp3) is 0.364. The van der Waals surface area contributed by atoms with Gasteiger partial charge in [-0.25, -0.2) is 9.78 Å². The van der Waals surface area contributed by atoms with Crippen molar-refractivity contribution < 1.29 is 27.4 Å². The number of ether oxygens (including phenoxy) is 2. The Labute approximate surface area is 182 Å². The number of aromatic nitrogens is 2. The van der Waals surface area contributed by atoms with Crippen LogP contribution in [0.4, 0.5) is 13.2 Å². The molecular formula is C22H22ClF3N2O3. The number of alkyl halides is 3. The Bertz CT molecular complexity index is 1120. The van der Waals surface area contributed by atoms with Crippen molar-refractivity contribution in [3.63, 3.8) is 0 Å². The molecule has 0 bridgehead atoms. The SMILES string of the molecule is Cc1ccc(C)c(OCC(=O)OCc2c(C(C)C)nc3c(Cl)cc(C(F)(F)F)cn23)c1. The summed E-state index contributed by atoms with van der Waals surface area (Å²) in [6.45, 7) is 6.86. The van der Waals surface area contributed by atoms with Crippen molar-refractivity contribution in [1.82, 2.24) is 9.38 Å². The molecule has 0 saturated carbocycles. The first-order chi connectivity index (χ1) is 14.5. The summed E-state index contributed by atoms with van der Waals surface area (Å²) in [5, 5.41) is -0.132. The van der Waals surface area contributed by atoms with Gasteiger partial charge in [0.15, 0.2) is 12.3 Å². The monoisotopic (exact) mass is 454 g/mol. The Morgan fingerprint density at radius 1 is 1.23 bits per heavy atom. The largest absolute Gasteiger partial charge is 0.482 e. The molecule has 9 heteroatoms. The normalized spacial score (nSPS) is 11.9. The lowest BCUT2D eigenvalue weighted by atomic mass is 10.1. The minimum absolute atomic E-state index is 0.120. The number of carbonyl (C=O) groups is 1. The molecule has 1 aromatic carbocycles. The zero-order chi connectivity index (χ0) is 22.9. The smallest absolute Gasteiger partial charge is 0.417 e. The van der Waals surface area contributed by atoms with E-state index in [0.29, 0.717) is 17.1 Å². The highest BCUT2D eigenvalue weighted by Gasteiger charge is 2.32. The summed E-state index contributed by atoms with van der Waals surface area (Å²) in [6, 6.07) is 6.46. The van der Waals surface area contributed by atoms with E-state index in [2.05, 4.69) is 4.98 Å². The predicted molar refractivity (Wildman–Crippen MR) is 111 cm³/mol. The van der Waals surface area contributed by atoms with Gasteiger partial charge >= 0.3 is 12.1 Å². The summed E-state index contributed by atoms with van der Waals surface area (Å²) in [4.78, 5) is 16.6. The van der Waals surface area contributed by atoms with Gasteiger partial charge in [-0.05, 0) is 43.0 Å². The molecule has 0 atom stereocenters. The van der Waals surface area contributed by atoms with Gasteiger partial charge in [-0.2, -0.15) is 13.2 Å². The van der Waals surface area contributed by atoms with Gasteiger partial charge in [0.1, 0.15) is 12.4 Å². The maximum absolute atomic E-state index is 13.2. The number of halogens is 4. The lowest BCUT2D eigenvalue weighted by Gasteiger charge is -2.12. The second-order valence-corrected chi connectivity index (χ2v) is 7.99. The number of carbonyl (C=O) groups excluding carboxylic acids is 1. The number of pyridine rings is 1. The molecule has 0 saturated heterocycles. The molecule has 3 rings (SSSR count). The van der Waals surface area contributed by atoms with E-state index < -0.39 is 17.7 Å². The van der Waals surface area contributed by atoms with Crippen molar-refractivity contribution >= 4 is 23.2 Å². The number of hydrogen-bond donors (Lipinski definition) is 0. The Kier molecular flexibility index (Phi) is 6.50. The lowest BCUT2D eigenvalue weighted by Crippen LogP contribution is -2.16. The summed E-state index contributed by atoms with van der Waals surface area (Å²) < 4.78 is 51.8. The number of esters is 1. The van der Waals surface area contributed by atoms with E-state index in [1.807, 2.05) is 45.9 Å². The van der Waals surface area contributed by atoms with E-state index >= 15 is 0 Å². The maximum atomic E-state index is 13.2. The molecular weight excluding hydrogens is 433 g/mol. The van der Waals surface area contributed by atoms with Crippen molar-refractivity contribution in [3.05, 3.63) is 63.6 Å². The van der Waals surface area contributed by atoms with Crippen LogP contribution in [0.2, 0.25) is 5.02 Å². The Balaban J connectivity index is 1.82. The molecule has 0 aliphatic heterocycles. The Morgan fingerprint density at radius 3 is 2.58 bits per heavy atom. The minimum Gasteiger partial charge on any atom is -0.482 e. The second kappa shape index (κ2) is 8.78. The molecule has 31 heavy (non-hydrogen) atoms. The van der Waals surface area contributed by atoms with Crippen LogP contribution < -0.4 is 4.74 Å². The summed E-state index contributed by atoms with van der Waals surface area (Å²) in [5.74, 6) is -0.204. The zero-order valence-corrected chi connectivity index (χ0v) is 18.3. The first-order valence-electron chi connectivity index (χ1n) is 9.60. The van der Waals surface area contributed by atoms with Crippen LogP contribution in [0.25, 0.3) is 5.65 Å². The number of imidazole rings is 1. The average Bonchev–Trinajstić information content (AvgIpc) is 3.06. The van der Waals surface area contributed by atoms with Gasteiger partial charge in [-0.15, -0.1) is 0 Å². The van der Waals surface area contributed by atoms with Gasteiger partial charge in [0.25, 0.3) is 0 Å². The minimum atomic E-state index is -4.58. The average molecular weight is 455 g/mol. The van der Waals surface area contributed by atoms with E-state index in [0.717, 1.165) is 23.4 Å². The molecule has 2 heterocycles. The predicted octanol–water partition coefficient (Wildman–Crippen LogP) is 5.87. The molecule has 2 aromatic heterocycles. The molecule has 0 unspecified atom stereocenters. The third-order valence-electron chi connectivity index (χ3n) is 4.74. The number of nitrogens with zero attached hydrogens (tertiary/aromatic N) is 2. The van der Waals surface area contributed by atoms with Crippen molar-refractivity contribution in [2.75, 3.05) is 6.61 Å². The standard InChI is InChI=1S/C22H22ClF3N2O3/c1-12(2)20-17(28-9-15(22(24,25)26)8-16(23)21(28)27-20)10-31-19(29)11-30-18-7-13(3)5-6-14(18)4/h5-9,12H,10-11H2,1-4H3. The van der Waals surface area contributed by atoms with Crippen LogP contribution in [-0.4, -0.2) is 22.0 Å². The van der Waals surface area contributed by atoms with Gasteiger partial charge in [-0.3, -0.25) is 4.40 Å². The molecule has 3 aromatic rings. The summed E-state index contributed by atoms with van der Waals surface area (Å²) >= 11 is 6.05. The van der Waals surface area contributed by atoms with Crippen LogP contribution >= 0.6 is 11.6 Å². The number of hydrogen-bond acceptors (Lipinski definition) is 4. The van der Waals surface area contributed by atoms with Crippen LogP contribution in [0.15, 0.2) is 30.5 Å². The number of benzene rings is 1. The number of fused-ring (bicyclic) bond motifs is 1. The van der Waals surface area contributed by atoms with E-state index in [1.165, 1.54) is 4.40 Å². The topological polar surface area (TPSA) is 52.8 Å². The van der Waals surface area contributed by atoms with Crippen LogP contribution in [0.3, 0.4) is 0 Å². The highest BCUT2D eigenvalue weighted by atomic mass is 35.5. The summed E-state index contributed by atoms with van der Waals surface area (Å²) in [6.07, 6.45) is -3.66. The molecule has 0 N–H and O–H groups in total. The number of aryl methyl sites for hydroxylation is 2. The van der Waals surface area contributed by atoms with Gasteiger partial charge in [0.2, 0.25) is 0 Å². The Hall–Kier alpha value is -2.74. The zero-order valence-electron chi connectivity index (χ0n) is 17.5. The fourth-order valence-electron chi connectivity index (χ4n) is 3.12. The van der Waals surface area contributed by atoms with Gasteiger partial charge < -0.3 is 9.47 Å². The van der Waals surface area contributed by atoms with E-state index in [9.17, 15) is 18.0 Å². The van der Waals surface area contributed by atoms with Crippen molar-refractivity contribution in [3.8, 4) is 5.75 Å². The van der Waals surface area contributed by atoms with Crippen molar-refractivity contribution in [1.29, 1.82) is 0 Å². The summed E-state index contributed by atoms with van der Waals surface area (Å²) in [5.41, 5.74) is 1.96.